The van der Waals surface area contributed by atoms with Gasteiger partial charge in [-0.15, -0.1) is 0 Å². The molecule has 0 saturated carbocycles. The molecule has 2 nitrogen and oxygen atoms in total. The van der Waals surface area contributed by atoms with E-state index in [4.69, 9.17) is 16.6 Å². The topological polar surface area (TPSA) is 24.9 Å². The van der Waals surface area contributed by atoms with Crippen molar-refractivity contribution >= 4 is 33.1 Å². The fourth-order valence-electron chi connectivity index (χ4n) is 3.63. The van der Waals surface area contributed by atoms with E-state index >= 15 is 0 Å². The molecule has 23 heavy (non-hydrogen) atoms. The Morgan fingerprint density at radius 3 is 2.78 bits per heavy atom. The molecule has 2 aliphatic rings. The van der Waals surface area contributed by atoms with E-state index in [1.807, 2.05) is 12.3 Å². The summed E-state index contributed by atoms with van der Waals surface area (Å²) in [6.07, 6.45) is 6.25. The highest BCUT2D eigenvalue weighted by atomic mass is 79.9. The molecule has 0 unspecified atom stereocenters. The fourth-order valence-corrected chi connectivity index (χ4v) is 4.21. The summed E-state index contributed by atoms with van der Waals surface area (Å²) < 4.78 is 1.05. The van der Waals surface area contributed by atoms with Crippen LogP contribution in [0.25, 0.3) is 5.57 Å². The Bertz CT molecular complexity index is 734. The van der Waals surface area contributed by atoms with Gasteiger partial charge < -0.3 is 5.32 Å². The van der Waals surface area contributed by atoms with Crippen molar-refractivity contribution in [2.24, 2.45) is 0 Å². The van der Waals surface area contributed by atoms with Crippen molar-refractivity contribution in [1.29, 1.82) is 0 Å². The number of halogens is 2. The standard InChI is InChI=1S/C19H18BrClN2/c20-15-8-13-4-3-12-9-16(21)5-6-17(12)18(19(13)23-11-15)14-2-1-7-22-10-14/h5-6,8-9,11,22H,1-4,7,10H2/b18-14+. The van der Waals surface area contributed by atoms with Gasteiger partial charge in [-0.25, -0.2) is 0 Å². The predicted octanol–water partition coefficient (Wildman–Crippen LogP) is 4.78. The smallest absolute Gasteiger partial charge is 0.0741 e. The average molecular weight is 390 g/mol. The van der Waals surface area contributed by atoms with Gasteiger partial charge in [-0.05, 0) is 88.6 Å². The van der Waals surface area contributed by atoms with E-state index in [9.17, 15) is 0 Å². The van der Waals surface area contributed by atoms with Crippen LogP contribution in [0, 0.1) is 0 Å². The van der Waals surface area contributed by atoms with E-state index in [1.165, 1.54) is 34.3 Å². The molecular weight excluding hydrogens is 372 g/mol. The molecule has 1 N–H and O–H groups in total. The maximum absolute atomic E-state index is 6.25. The monoisotopic (exact) mass is 388 g/mol. The van der Waals surface area contributed by atoms with Crippen molar-refractivity contribution in [3.05, 3.63) is 67.9 Å². The summed E-state index contributed by atoms with van der Waals surface area (Å²) in [6, 6.07) is 8.51. The highest BCUT2D eigenvalue weighted by molar-refractivity contribution is 9.10. The Morgan fingerprint density at radius 2 is 1.96 bits per heavy atom. The second-order valence-electron chi connectivity index (χ2n) is 6.22. The van der Waals surface area contributed by atoms with Gasteiger partial charge in [-0.3, -0.25) is 4.98 Å². The van der Waals surface area contributed by atoms with Crippen LogP contribution in [0.3, 0.4) is 0 Å². The number of aromatic nitrogens is 1. The Hall–Kier alpha value is -1.16. The number of hydrogen-bond acceptors (Lipinski definition) is 2. The summed E-state index contributed by atoms with van der Waals surface area (Å²) in [5.74, 6) is 0. The zero-order valence-corrected chi connectivity index (χ0v) is 15.2. The normalized spacial score (nSPS) is 20.6. The molecule has 1 aromatic carbocycles. The van der Waals surface area contributed by atoms with Crippen molar-refractivity contribution in [1.82, 2.24) is 10.3 Å². The number of aryl methyl sites for hydroxylation is 2. The summed E-state index contributed by atoms with van der Waals surface area (Å²) in [7, 11) is 0. The average Bonchev–Trinajstić information content (AvgIpc) is 2.72. The lowest BCUT2D eigenvalue weighted by Crippen LogP contribution is -2.25. The number of rotatable bonds is 0. The molecule has 2 aromatic rings. The maximum Gasteiger partial charge on any atom is 0.0741 e. The van der Waals surface area contributed by atoms with Crippen molar-refractivity contribution in [3.8, 4) is 0 Å². The van der Waals surface area contributed by atoms with Crippen LogP contribution in [0.1, 0.15) is 35.2 Å². The molecule has 4 rings (SSSR count). The summed E-state index contributed by atoms with van der Waals surface area (Å²) in [5.41, 5.74) is 7.90. The highest BCUT2D eigenvalue weighted by Gasteiger charge is 2.23. The molecule has 1 saturated heterocycles. The van der Waals surface area contributed by atoms with Crippen LogP contribution in [0.5, 0.6) is 0 Å². The van der Waals surface area contributed by atoms with Crippen LogP contribution in [0.2, 0.25) is 5.02 Å². The first-order chi connectivity index (χ1) is 11.2. The number of nitrogens with zero attached hydrogens (tertiary/aromatic N) is 1. The van der Waals surface area contributed by atoms with Crippen LogP contribution >= 0.6 is 27.5 Å². The van der Waals surface area contributed by atoms with E-state index in [2.05, 4.69) is 39.4 Å². The van der Waals surface area contributed by atoms with Gasteiger partial charge in [0.05, 0.1) is 5.69 Å². The van der Waals surface area contributed by atoms with E-state index < -0.39 is 0 Å². The van der Waals surface area contributed by atoms with Crippen LogP contribution in [-0.2, 0) is 12.8 Å². The van der Waals surface area contributed by atoms with Crippen LogP contribution in [-0.4, -0.2) is 18.1 Å². The zero-order chi connectivity index (χ0) is 15.8. The molecule has 1 aromatic heterocycles. The summed E-state index contributed by atoms with van der Waals surface area (Å²) in [5, 5.41) is 4.33. The largest absolute Gasteiger partial charge is 0.313 e. The first-order valence-electron chi connectivity index (χ1n) is 8.09. The molecule has 0 spiro atoms. The molecule has 1 aliphatic heterocycles. The molecule has 4 heteroatoms. The lowest BCUT2D eigenvalue weighted by molar-refractivity contribution is 0.611. The Balaban J connectivity index is 1.98. The number of benzene rings is 1. The lowest BCUT2D eigenvalue weighted by atomic mass is 9.90. The van der Waals surface area contributed by atoms with Crippen LogP contribution < -0.4 is 5.32 Å². The highest BCUT2D eigenvalue weighted by Crippen LogP contribution is 2.37. The van der Waals surface area contributed by atoms with Crippen molar-refractivity contribution in [2.45, 2.75) is 25.7 Å². The Kier molecular flexibility index (Phi) is 4.27. The number of nitrogens with one attached hydrogen (secondary N) is 1. The van der Waals surface area contributed by atoms with E-state index in [1.54, 1.807) is 0 Å². The van der Waals surface area contributed by atoms with Crippen LogP contribution in [0.15, 0.2) is 40.5 Å². The van der Waals surface area contributed by atoms with Gasteiger partial charge in [0.15, 0.2) is 0 Å². The molecule has 0 radical (unpaired) electrons. The lowest BCUT2D eigenvalue weighted by Gasteiger charge is -2.22. The molecular formula is C19H18BrClN2. The Labute approximate surface area is 150 Å². The molecule has 0 amide bonds. The second kappa shape index (κ2) is 6.39. The number of pyridine rings is 1. The van der Waals surface area contributed by atoms with E-state index in [0.29, 0.717) is 0 Å². The first-order valence-corrected chi connectivity index (χ1v) is 9.26. The number of hydrogen-bond donors (Lipinski definition) is 1. The first kappa shape index (κ1) is 15.4. The van der Waals surface area contributed by atoms with E-state index in [0.717, 1.165) is 47.5 Å². The van der Waals surface area contributed by atoms with E-state index in [-0.39, 0.29) is 0 Å². The van der Waals surface area contributed by atoms with Crippen molar-refractivity contribution in [3.63, 3.8) is 0 Å². The summed E-state index contributed by atoms with van der Waals surface area (Å²) in [6.45, 7) is 2.06. The molecule has 118 valence electrons. The minimum absolute atomic E-state index is 0.815. The summed E-state index contributed by atoms with van der Waals surface area (Å²) in [4.78, 5) is 4.79. The molecule has 1 aliphatic carbocycles. The molecule has 1 fully saturated rings. The van der Waals surface area contributed by atoms with Gasteiger partial charge in [0.25, 0.3) is 0 Å². The second-order valence-corrected chi connectivity index (χ2v) is 7.57. The molecule has 0 bridgehead atoms. The SMILES string of the molecule is Clc1ccc2c(c1)CCc1cc(Br)cnc1/C2=C1\CCCNC1. The third-order valence-corrected chi connectivity index (χ3v) is 5.36. The number of fused-ring (bicyclic) bond motifs is 2. The molecule has 2 heterocycles. The predicted molar refractivity (Wildman–Crippen MR) is 98.9 cm³/mol. The van der Waals surface area contributed by atoms with Gasteiger partial charge >= 0.3 is 0 Å². The fraction of sp³-hybridized carbons (Fsp3) is 0.316. The van der Waals surface area contributed by atoms with Crippen molar-refractivity contribution in [2.75, 3.05) is 13.1 Å². The number of piperidine rings is 1. The van der Waals surface area contributed by atoms with Gasteiger partial charge in [0.2, 0.25) is 0 Å². The van der Waals surface area contributed by atoms with Gasteiger partial charge in [0.1, 0.15) is 0 Å². The van der Waals surface area contributed by atoms with Crippen LogP contribution in [0.4, 0.5) is 0 Å². The van der Waals surface area contributed by atoms with Gasteiger partial charge in [-0.2, -0.15) is 0 Å². The third kappa shape index (κ3) is 2.98. The van der Waals surface area contributed by atoms with Gasteiger partial charge in [-0.1, -0.05) is 17.7 Å². The maximum atomic E-state index is 6.25. The minimum Gasteiger partial charge on any atom is -0.313 e. The Morgan fingerprint density at radius 1 is 1.09 bits per heavy atom. The molecule has 0 atom stereocenters. The third-order valence-electron chi connectivity index (χ3n) is 4.69. The zero-order valence-electron chi connectivity index (χ0n) is 12.8. The van der Waals surface area contributed by atoms with Crippen molar-refractivity contribution < 1.29 is 0 Å². The van der Waals surface area contributed by atoms with Gasteiger partial charge in [0, 0.05) is 27.8 Å². The quantitative estimate of drug-likeness (QED) is 0.701. The summed E-state index contributed by atoms with van der Waals surface area (Å²) >= 11 is 9.82. The minimum atomic E-state index is 0.815.